The van der Waals surface area contributed by atoms with E-state index in [1.54, 1.807) is 5.57 Å². The van der Waals surface area contributed by atoms with Gasteiger partial charge in [-0.1, -0.05) is 38.3 Å². The topological polar surface area (TPSA) is 17.1 Å². The van der Waals surface area contributed by atoms with E-state index in [-0.39, 0.29) is 0 Å². The van der Waals surface area contributed by atoms with Gasteiger partial charge in [-0.25, -0.2) is 0 Å². The smallest absolute Gasteiger partial charge is 0.119 e. The molecule has 3 rings (SSSR count). The average molecular weight is 234 g/mol. The number of carbonyl (C=O) groups is 1. The molecule has 1 saturated carbocycles. The number of hydrogen-bond acceptors (Lipinski definition) is 1. The Morgan fingerprint density at radius 2 is 2.12 bits per heavy atom. The third kappa shape index (κ3) is 1.88. The van der Waals surface area contributed by atoms with Crippen LogP contribution >= 0.6 is 0 Å². The summed E-state index contributed by atoms with van der Waals surface area (Å²) in [4.78, 5) is 10.3. The highest BCUT2D eigenvalue weighted by Gasteiger charge is 2.60. The van der Waals surface area contributed by atoms with Crippen molar-refractivity contribution in [3.63, 3.8) is 0 Å². The van der Waals surface area contributed by atoms with Crippen LogP contribution < -0.4 is 0 Å². The van der Waals surface area contributed by atoms with Crippen molar-refractivity contribution in [3.8, 4) is 0 Å². The summed E-state index contributed by atoms with van der Waals surface area (Å²) in [5.74, 6) is 0.918. The van der Waals surface area contributed by atoms with Crippen LogP contribution in [0.15, 0.2) is 11.6 Å². The minimum Gasteiger partial charge on any atom is -0.303 e. The molecule has 0 N–H and O–H groups in total. The Morgan fingerprint density at radius 3 is 2.71 bits per heavy atom. The van der Waals surface area contributed by atoms with Crippen LogP contribution in [0.4, 0.5) is 0 Å². The maximum absolute atomic E-state index is 10.3. The fraction of sp³-hybridized carbons (Fsp3) is 0.812. The summed E-state index contributed by atoms with van der Waals surface area (Å²) < 4.78 is 0. The molecule has 0 aromatic carbocycles. The van der Waals surface area contributed by atoms with Gasteiger partial charge in [-0.3, -0.25) is 0 Å². The van der Waals surface area contributed by atoms with E-state index in [0.717, 1.165) is 25.0 Å². The maximum Gasteiger partial charge on any atom is 0.119 e. The number of aldehydes is 1. The van der Waals surface area contributed by atoms with Crippen molar-refractivity contribution in [1.29, 1.82) is 0 Å². The highest BCUT2D eigenvalue weighted by molar-refractivity contribution is 5.48. The Bertz CT molecular complexity index is 326. The lowest BCUT2D eigenvalue weighted by atomic mass is 9.39. The van der Waals surface area contributed by atoms with Gasteiger partial charge in [-0.2, -0.15) is 0 Å². The van der Waals surface area contributed by atoms with Crippen molar-refractivity contribution in [2.75, 3.05) is 0 Å². The van der Waals surface area contributed by atoms with Crippen LogP contribution in [0.1, 0.15) is 65.7 Å². The van der Waals surface area contributed by atoms with E-state index >= 15 is 0 Å². The zero-order valence-electron chi connectivity index (χ0n) is 11.6. The van der Waals surface area contributed by atoms with Gasteiger partial charge < -0.3 is 4.79 Å². The van der Waals surface area contributed by atoms with Crippen LogP contribution in [-0.4, -0.2) is 6.29 Å². The Labute approximate surface area is 106 Å². The first kappa shape index (κ1) is 12.9. The summed E-state index contributed by atoms with van der Waals surface area (Å²) in [6, 6.07) is 0. The van der Waals surface area contributed by atoms with Crippen molar-refractivity contribution in [3.05, 3.63) is 11.6 Å². The zero-order chi connectivity index (χ0) is 12.5. The molecule has 1 heteroatoms. The zero-order valence-corrected chi connectivity index (χ0v) is 11.6. The second kappa shape index (κ2) is 4.59. The summed E-state index contributed by atoms with van der Waals surface area (Å²) in [5.41, 5.74) is 2.65. The second-order valence-corrected chi connectivity index (χ2v) is 6.59. The third-order valence-electron chi connectivity index (χ3n) is 5.74. The van der Waals surface area contributed by atoms with Gasteiger partial charge in [0.1, 0.15) is 6.29 Å². The molecular weight excluding hydrogens is 208 g/mol. The van der Waals surface area contributed by atoms with Crippen LogP contribution in [0.2, 0.25) is 0 Å². The van der Waals surface area contributed by atoms with Gasteiger partial charge >= 0.3 is 0 Å². The van der Waals surface area contributed by atoms with Gasteiger partial charge in [0.15, 0.2) is 0 Å². The fourth-order valence-electron chi connectivity index (χ4n) is 4.21. The summed E-state index contributed by atoms with van der Waals surface area (Å²) in [5, 5.41) is 0. The molecule has 1 fully saturated rings. The van der Waals surface area contributed by atoms with Crippen LogP contribution in [0.3, 0.4) is 0 Å². The minimum absolute atomic E-state index is 0.497. The minimum atomic E-state index is 0.497. The van der Waals surface area contributed by atoms with E-state index in [4.69, 9.17) is 0 Å². The molecule has 0 aromatic rings. The molecule has 1 nitrogen and oxygen atoms in total. The molecule has 17 heavy (non-hydrogen) atoms. The molecule has 2 unspecified atom stereocenters. The van der Waals surface area contributed by atoms with Crippen LogP contribution in [-0.2, 0) is 4.79 Å². The summed E-state index contributed by atoms with van der Waals surface area (Å²) in [6.45, 7) is 7.26. The highest BCUT2D eigenvalue weighted by atomic mass is 16.1. The van der Waals surface area contributed by atoms with E-state index in [1.165, 1.54) is 32.1 Å². The van der Waals surface area contributed by atoms with E-state index in [1.807, 2.05) is 0 Å². The molecule has 0 saturated heterocycles. The van der Waals surface area contributed by atoms with Crippen molar-refractivity contribution >= 4 is 6.29 Å². The summed E-state index contributed by atoms with van der Waals surface area (Å²) in [7, 11) is 0. The lowest BCUT2D eigenvalue weighted by Crippen LogP contribution is -2.57. The van der Waals surface area contributed by atoms with Crippen LogP contribution in [0, 0.1) is 16.7 Å². The van der Waals surface area contributed by atoms with Gasteiger partial charge in [0, 0.05) is 6.42 Å². The van der Waals surface area contributed by atoms with E-state index in [2.05, 4.69) is 26.8 Å². The molecular formula is C16H26O. The third-order valence-corrected chi connectivity index (χ3v) is 5.74. The van der Waals surface area contributed by atoms with Crippen molar-refractivity contribution in [2.45, 2.75) is 65.7 Å². The largest absolute Gasteiger partial charge is 0.303 e. The van der Waals surface area contributed by atoms with Crippen molar-refractivity contribution in [2.24, 2.45) is 16.7 Å². The Kier molecular flexibility index (Phi) is 3.47. The number of hydrogen-bond donors (Lipinski definition) is 0. The lowest BCUT2D eigenvalue weighted by molar-refractivity contribution is -0.110. The fourth-order valence-corrected chi connectivity index (χ4v) is 4.21. The monoisotopic (exact) mass is 234 g/mol. The van der Waals surface area contributed by atoms with Crippen molar-refractivity contribution in [1.82, 2.24) is 0 Å². The predicted molar refractivity (Wildman–Crippen MR) is 71.8 cm³/mol. The Hall–Kier alpha value is -0.590. The number of unbranched alkanes of at least 4 members (excludes halogenated alkanes) is 3. The van der Waals surface area contributed by atoms with E-state index in [0.29, 0.717) is 10.8 Å². The first-order chi connectivity index (χ1) is 8.04. The Balaban J connectivity index is 1.92. The maximum atomic E-state index is 10.3. The molecule has 2 atom stereocenters. The molecule has 0 amide bonds. The molecule has 3 aliphatic rings. The van der Waals surface area contributed by atoms with Gasteiger partial charge in [0.2, 0.25) is 0 Å². The molecule has 2 bridgehead atoms. The summed E-state index contributed by atoms with van der Waals surface area (Å²) >= 11 is 0. The molecule has 0 radical (unpaired) electrons. The molecule has 0 aromatic heterocycles. The van der Waals surface area contributed by atoms with Gasteiger partial charge in [-0.15, -0.1) is 0 Å². The van der Waals surface area contributed by atoms with Crippen molar-refractivity contribution < 1.29 is 4.79 Å². The second-order valence-electron chi connectivity index (χ2n) is 6.59. The Morgan fingerprint density at radius 1 is 1.35 bits per heavy atom. The number of rotatable bonds is 6. The summed E-state index contributed by atoms with van der Waals surface area (Å²) in [6.07, 6.45) is 11.9. The standard InChI is InChI=1S/C16H26O/c1-13-8-9-14-12-16(13,15(14,2)3)10-6-4-5-7-11-17/h8,11,14H,4-7,9-10,12H2,1-3H3. The number of allylic oxidation sites excluding steroid dienone is 2. The number of fused-ring (bicyclic) bond motifs is 1. The lowest BCUT2D eigenvalue weighted by Gasteiger charge is -2.66. The van der Waals surface area contributed by atoms with Gasteiger partial charge in [0.05, 0.1) is 0 Å². The quantitative estimate of drug-likeness (QED) is 0.375. The molecule has 3 aliphatic carbocycles. The van der Waals surface area contributed by atoms with Gasteiger partial charge in [-0.05, 0) is 49.4 Å². The molecule has 0 spiro atoms. The number of carbonyl (C=O) groups excluding carboxylic acids is 1. The van der Waals surface area contributed by atoms with E-state index in [9.17, 15) is 4.79 Å². The first-order valence-electron chi connectivity index (χ1n) is 7.15. The molecule has 0 heterocycles. The SMILES string of the molecule is CC1=CCC2CC1(CCCCCC=O)C2(C)C. The van der Waals surface area contributed by atoms with Gasteiger partial charge in [0.25, 0.3) is 0 Å². The van der Waals surface area contributed by atoms with Crippen LogP contribution in [0.5, 0.6) is 0 Å². The van der Waals surface area contributed by atoms with E-state index < -0.39 is 0 Å². The predicted octanol–water partition coefficient (Wildman–Crippen LogP) is 4.52. The highest BCUT2D eigenvalue weighted by Crippen LogP contribution is 2.69. The average Bonchev–Trinajstić information content (AvgIpc) is 2.30. The first-order valence-corrected chi connectivity index (χ1v) is 7.15. The molecule has 0 aliphatic heterocycles. The van der Waals surface area contributed by atoms with Crippen LogP contribution in [0.25, 0.3) is 0 Å². The molecule has 96 valence electrons. The normalized spacial score (nSPS) is 33.8.